The van der Waals surface area contributed by atoms with Crippen LogP contribution in [0.25, 0.3) is 6.08 Å². The van der Waals surface area contributed by atoms with Crippen molar-refractivity contribution in [1.29, 1.82) is 0 Å². The zero-order chi connectivity index (χ0) is 16.8. The Morgan fingerprint density at radius 3 is 2.58 bits per heavy atom. The van der Waals surface area contributed by atoms with Gasteiger partial charge in [0.25, 0.3) is 0 Å². The molecule has 124 valence electrons. The van der Waals surface area contributed by atoms with E-state index in [1.165, 1.54) is 0 Å². The zero-order valence-electron chi connectivity index (χ0n) is 13.8. The van der Waals surface area contributed by atoms with Gasteiger partial charge in [-0.15, -0.1) is 0 Å². The number of hydrogen-bond acceptors (Lipinski definition) is 4. The number of anilines is 1. The molecule has 1 heterocycles. The molecule has 0 aromatic heterocycles. The van der Waals surface area contributed by atoms with E-state index in [-0.39, 0.29) is 5.78 Å². The molecule has 1 aliphatic heterocycles. The molecule has 0 bridgehead atoms. The van der Waals surface area contributed by atoms with Crippen LogP contribution in [0.3, 0.4) is 0 Å². The monoisotopic (exact) mass is 323 g/mol. The molecule has 1 saturated heterocycles. The molecule has 0 aliphatic carbocycles. The Hall–Kier alpha value is -2.59. The summed E-state index contributed by atoms with van der Waals surface area (Å²) < 4.78 is 10.5. The zero-order valence-corrected chi connectivity index (χ0v) is 13.8. The van der Waals surface area contributed by atoms with Gasteiger partial charge in [-0.2, -0.15) is 0 Å². The Morgan fingerprint density at radius 1 is 1.12 bits per heavy atom. The maximum atomic E-state index is 12.4. The molecule has 0 N–H and O–H groups in total. The van der Waals surface area contributed by atoms with Crippen LogP contribution in [0.2, 0.25) is 0 Å². The van der Waals surface area contributed by atoms with Crippen LogP contribution in [-0.4, -0.2) is 39.2 Å². The summed E-state index contributed by atoms with van der Waals surface area (Å²) in [5, 5.41) is 0. The van der Waals surface area contributed by atoms with E-state index in [4.69, 9.17) is 9.47 Å². The first kappa shape index (κ1) is 16.3. The third-order valence-corrected chi connectivity index (χ3v) is 4.05. The van der Waals surface area contributed by atoms with Gasteiger partial charge in [0.15, 0.2) is 5.78 Å². The lowest BCUT2D eigenvalue weighted by Crippen LogP contribution is -2.36. The van der Waals surface area contributed by atoms with Crippen LogP contribution in [0, 0.1) is 0 Å². The Bertz CT molecular complexity index is 716. The molecule has 0 atom stereocenters. The van der Waals surface area contributed by atoms with Gasteiger partial charge in [0.05, 0.1) is 20.3 Å². The maximum Gasteiger partial charge on any atom is 0.185 e. The van der Waals surface area contributed by atoms with Crippen molar-refractivity contribution in [2.24, 2.45) is 0 Å². The van der Waals surface area contributed by atoms with Crippen LogP contribution in [0.4, 0.5) is 5.69 Å². The molecule has 0 radical (unpaired) electrons. The summed E-state index contributed by atoms with van der Waals surface area (Å²) in [6, 6.07) is 15.4. The first-order chi connectivity index (χ1) is 11.8. The van der Waals surface area contributed by atoms with Crippen molar-refractivity contribution in [2.75, 3.05) is 38.3 Å². The molecular formula is C20H21NO3. The number of carbonyl (C=O) groups is 1. The first-order valence-electron chi connectivity index (χ1n) is 8.05. The molecule has 1 aliphatic rings. The molecule has 0 amide bonds. The predicted molar refractivity (Wildman–Crippen MR) is 95.8 cm³/mol. The van der Waals surface area contributed by atoms with E-state index in [1.54, 1.807) is 13.2 Å². The van der Waals surface area contributed by atoms with Gasteiger partial charge in [0.1, 0.15) is 5.75 Å². The van der Waals surface area contributed by atoms with Crippen LogP contribution < -0.4 is 9.64 Å². The van der Waals surface area contributed by atoms with E-state index in [0.717, 1.165) is 43.3 Å². The minimum atomic E-state index is 0.000859. The van der Waals surface area contributed by atoms with Crippen LogP contribution >= 0.6 is 0 Å². The Kier molecular flexibility index (Phi) is 5.29. The fraction of sp³-hybridized carbons (Fsp3) is 0.250. The summed E-state index contributed by atoms with van der Waals surface area (Å²) in [5.74, 6) is 0.803. The summed E-state index contributed by atoms with van der Waals surface area (Å²) >= 11 is 0. The van der Waals surface area contributed by atoms with Gasteiger partial charge in [-0.3, -0.25) is 4.79 Å². The van der Waals surface area contributed by atoms with E-state index in [1.807, 2.05) is 54.6 Å². The first-order valence-corrected chi connectivity index (χ1v) is 8.05. The standard InChI is InChI=1S/C20H21NO3/c1-23-19-8-5-16(6-9-19)7-10-20(22)17-3-2-4-18(15-17)21-11-13-24-14-12-21/h2-10,15H,11-14H2,1H3/b10-7+. The summed E-state index contributed by atoms with van der Waals surface area (Å²) in [4.78, 5) is 14.7. The highest BCUT2D eigenvalue weighted by Gasteiger charge is 2.12. The molecule has 0 spiro atoms. The number of allylic oxidation sites excluding steroid dienone is 1. The highest BCUT2D eigenvalue weighted by Crippen LogP contribution is 2.19. The number of ether oxygens (including phenoxy) is 2. The third-order valence-electron chi connectivity index (χ3n) is 4.05. The Labute approximate surface area is 142 Å². The lowest BCUT2D eigenvalue weighted by Gasteiger charge is -2.29. The van der Waals surface area contributed by atoms with Gasteiger partial charge in [-0.1, -0.05) is 30.3 Å². The maximum absolute atomic E-state index is 12.4. The second kappa shape index (κ2) is 7.79. The van der Waals surface area contributed by atoms with Gasteiger partial charge >= 0.3 is 0 Å². The molecule has 4 nitrogen and oxygen atoms in total. The number of benzene rings is 2. The average Bonchev–Trinajstić information content (AvgIpc) is 2.67. The van der Waals surface area contributed by atoms with Gasteiger partial charge in [0.2, 0.25) is 0 Å². The molecule has 0 saturated carbocycles. The van der Waals surface area contributed by atoms with Crippen molar-refractivity contribution < 1.29 is 14.3 Å². The van der Waals surface area contributed by atoms with Crippen LogP contribution in [0.1, 0.15) is 15.9 Å². The summed E-state index contributed by atoms with van der Waals surface area (Å²) in [5.41, 5.74) is 2.74. The molecule has 2 aromatic rings. The van der Waals surface area contributed by atoms with Gasteiger partial charge in [-0.25, -0.2) is 0 Å². The second-order valence-corrected chi connectivity index (χ2v) is 5.62. The van der Waals surface area contributed by atoms with Crippen LogP contribution in [-0.2, 0) is 4.74 Å². The minimum Gasteiger partial charge on any atom is -0.497 e. The second-order valence-electron chi connectivity index (χ2n) is 5.62. The van der Waals surface area contributed by atoms with Crippen LogP contribution in [0.5, 0.6) is 5.75 Å². The normalized spacial score (nSPS) is 14.8. The van der Waals surface area contributed by atoms with Gasteiger partial charge < -0.3 is 14.4 Å². The number of methoxy groups -OCH3 is 1. The average molecular weight is 323 g/mol. The molecule has 1 fully saturated rings. The topological polar surface area (TPSA) is 38.8 Å². The number of rotatable bonds is 5. The van der Waals surface area contributed by atoms with Gasteiger partial charge in [0, 0.05) is 24.3 Å². The minimum absolute atomic E-state index is 0.000859. The largest absolute Gasteiger partial charge is 0.497 e. The van der Waals surface area contributed by atoms with Crippen molar-refractivity contribution in [3.63, 3.8) is 0 Å². The molecule has 4 heteroatoms. The lowest BCUT2D eigenvalue weighted by atomic mass is 10.1. The van der Waals surface area contributed by atoms with E-state index < -0.39 is 0 Å². The van der Waals surface area contributed by atoms with Crippen molar-refractivity contribution in [1.82, 2.24) is 0 Å². The third kappa shape index (κ3) is 4.03. The van der Waals surface area contributed by atoms with Crippen molar-refractivity contribution >= 4 is 17.5 Å². The number of hydrogen-bond donors (Lipinski definition) is 0. The lowest BCUT2D eigenvalue weighted by molar-refractivity contribution is 0.104. The number of nitrogens with zero attached hydrogens (tertiary/aromatic N) is 1. The van der Waals surface area contributed by atoms with Crippen molar-refractivity contribution in [3.8, 4) is 5.75 Å². The molecular weight excluding hydrogens is 302 g/mol. The molecule has 0 unspecified atom stereocenters. The Balaban J connectivity index is 1.70. The Morgan fingerprint density at radius 2 is 1.88 bits per heavy atom. The fourth-order valence-corrected chi connectivity index (χ4v) is 2.66. The number of carbonyl (C=O) groups excluding carboxylic acids is 1. The molecule has 24 heavy (non-hydrogen) atoms. The number of morpholine rings is 1. The predicted octanol–water partition coefficient (Wildman–Crippen LogP) is 3.43. The summed E-state index contributed by atoms with van der Waals surface area (Å²) in [7, 11) is 1.63. The van der Waals surface area contributed by atoms with Crippen LogP contribution in [0.15, 0.2) is 54.6 Å². The molecule has 2 aromatic carbocycles. The summed E-state index contributed by atoms with van der Waals surface area (Å²) in [6.07, 6.45) is 3.43. The van der Waals surface area contributed by atoms with Crippen molar-refractivity contribution in [3.05, 3.63) is 65.7 Å². The van der Waals surface area contributed by atoms with Gasteiger partial charge in [-0.05, 0) is 35.9 Å². The smallest absolute Gasteiger partial charge is 0.185 e. The summed E-state index contributed by atoms with van der Waals surface area (Å²) in [6.45, 7) is 3.18. The van der Waals surface area contributed by atoms with E-state index in [9.17, 15) is 4.79 Å². The SMILES string of the molecule is COc1ccc(/C=C/C(=O)c2cccc(N3CCOCC3)c2)cc1. The van der Waals surface area contributed by atoms with E-state index in [0.29, 0.717) is 5.56 Å². The highest BCUT2D eigenvalue weighted by atomic mass is 16.5. The highest BCUT2D eigenvalue weighted by molar-refractivity contribution is 6.07. The number of ketones is 1. The quantitative estimate of drug-likeness (QED) is 0.624. The van der Waals surface area contributed by atoms with E-state index >= 15 is 0 Å². The van der Waals surface area contributed by atoms with E-state index in [2.05, 4.69) is 4.90 Å². The fourth-order valence-electron chi connectivity index (χ4n) is 2.66. The molecule has 3 rings (SSSR count). The van der Waals surface area contributed by atoms with Crippen molar-refractivity contribution in [2.45, 2.75) is 0 Å².